The van der Waals surface area contributed by atoms with Gasteiger partial charge in [0.05, 0.1) is 0 Å². The summed E-state index contributed by atoms with van der Waals surface area (Å²) in [5.74, 6) is 0. The quantitative estimate of drug-likeness (QED) is 0.678. The van der Waals surface area contributed by atoms with Crippen LogP contribution in [0, 0.1) is 0 Å². The Morgan fingerprint density at radius 3 is 2.55 bits per heavy atom. The minimum absolute atomic E-state index is 0.378. The van der Waals surface area contributed by atoms with E-state index in [4.69, 9.17) is 11.6 Å². The van der Waals surface area contributed by atoms with Crippen LogP contribution in [0.4, 0.5) is 0 Å². The van der Waals surface area contributed by atoms with Gasteiger partial charge in [0.15, 0.2) is 0 Å². The second-order valence-corrected chi connectivity index (χ2v) is 6.82. The Labute approximate surface area is 128 Å². The molecule has 0 N–H and O–H groups in total. The molecule has 3 rings (SSSR count). The van der Waals surface area contributed by atoms with E-state index in [1.165, 1.54) is 4.46 Å². The van der Waals surface area contributed by atoms with Gasteiger partial charge in [0, 0.05) is 0 Å². The van der Waals surface area contributed by atoms with Gasteiger partial charge in [-0.15, -0.1) is 0 Å². The molecule has 1 aromatic heterocycles. The Morgan fingerprint density at radius 2 is 1.75 bits per heavy atom. The molecular formula is C15H12ClN3Se. The molecule has 0 radical (unpaired) electrons. The van der Waals surface area contributed by atoms with E-state index in [9.17, 15) is 0 Å². The SMILES string of the molecule is Clc1ccccc1-n1cc(C[Se]c2ccccc2)nn1. The van der Waals surface area contributed by atoms with Crippen LogP contribution in [-0.2, 0) is 5.32 Å². The van der Waals surface area contributed by atoms with Crippen LogP contribution in [0.3, 0.4) is 0 Å². The van der Waals surface area contributed by atoms with Crippen molar-refractivity contribution < 1.29 is 0 Å². The molecule has 0 bridgehead atoms. The molecular weight excluding hydrogens is 337 g/mol. The summed E-state index contributed by atoms with van der Waals surface area (Å²) in [7, 11) is 0. The topological polar surface area (TPSA) is 30.7 Å². The molecule has 0 unspecified atom stereocenters. The zero-order valence-electron chi connectivity index (χ0n) is 10.6. The molecule has 0 atom stereocenters. The van der Waals surface area contributed by atoms with E-state index in [0.717, 1.165) is 16.7 Å². The molecule has 2 aromatic carbocycles. The fourth-order valence-corrected chi connectivity index (χ4v) is 3.69. The van der Waals surface area contributed by atoms with Crippen molar-refractivity contribution in [1.82, 2.24) is 15.0 Å². The summed E-state index contributed by atoms with van der Waals surface area (Å²) < 4.78 is 3.10. The molecule has 0 aliphatic carbocycles. The normalized spacial score (nSPS) is 10.7. The Bertz CT molecular complexity index is 697. The molecule has 0 aliphatic rings. The number of halogens is 1. The molecule has 3 aromatic rings. The van der Waals surface area contributed by atoms with Crippen molar-refractivity contribution in [1.29, 1.82) is 0 Å². The zero-order valence-corrected chi connectivity index (χ0v) is 13.1. The molecule has 0 amide bonds. The Balaban J connectivity index is 1.73. The van der Waals surface area contributed by atoms with Gasteiger partial charge in [-0.05, 0) is 0 Å². The van der Waals surface area contributed by atoms with Crippen LogP contribution >= 0.6 is 11.6 Å². The van der Waals surface area contributed by atoms with Crippen LogP contribution in [0.15, 0.2) is 60.8 Å². The van der Waals surface area contributed by atoms with Gasteiger partial charge in [0.2, 0.25) is 0 Å². The predicted molar refractivity (Wildman–Crippen MR) is 81.9 cm³/mol. The van der Waals surface area contributed by atoms with Gasteiger partial charge in [-0.1, -0.05) is 0 Å². The van der Waals surface area contributed by atoms with Crippen molar-refractivity contribution >= 4 is 31.0 Å². The van der Waals surface area contributed by atoms with Crippen LogP contribution < -0.4 is 4.46 Å². The molecule has 0 spiro atoms. The number of hydrogen-bond donors (Lipinski definition) is 0. The molecule has 5 heteroatoms. The summed E-state index contributed by atoms with van der Waals surface area (Å²) >= 11 is 6.53. The summed E-state index contributed by atoms with van der Waals surface area (Å²) in [5, 5.41) is 9.98. The van der Waals surface area contributed by atoms with E-state index in [0.29, 0.717) is 20.0 Å². The molecule has 0 aliphatic heterocycles. The van der Waals surface area contributed by atoms with Gasteiger partial charge in [0.25, 0.3) is 0 Å². The first-order valence-electron chi connectivity index (χ1n) is 6.17. The van der Waals surface area contributed by atoms with E-state index < -0.39 is 0 Å². The summed E-state index contributed by atoms with van der Waals surface area (Å²) in [6.45, 7) is 0. The van der Waals surface area contributed by atoms with E-state index >= 15 is 0 Å². The molecule has 1 heterocycles. The number of hydrogen-bond acceptors (Lipinski definition) is 2. The molecule has 0 fully saturated rings. The third kappa shape index (κ3) is 3.10. The Kier molecular flexibility index (Phi) is 4.16. The number of aromatic nitrogens is 3. The predicted octanol–water partition coefficient (Wildman–Crippen LogP) is 2.45. The molecule has 100 valence electrons. The fourth-order valence-electron chi connectivity index (χ4n) is 1.79. The van der Waals surface area contributed by atoms with Crippen LogP contribution in [-0.4, -0.2) is 30.0 Å². The molecule has 3 nitrogen and oxygen atoms in total. The van der Waals surface area contributed by atoms with E-state index in [2.05, 4.69) is 34.6 Å². The monoisotopic (exact) mass is 349 g/mol. The van der Waals surface area contributed by atoms with Crippen LogP contribution in [0.25, 0.3) is 5.69 Å². The summed E-state index contributed by atoms with van der Waals surface area (Å²) in [5.41, 5.74) is 1.86. The van der Waals surface area contributed by atoms with Gasteiger partial charge < -0.3 is 0 Å². The summed E-state index contributed by atoms with van der Waals surface area (Å²) in [6, 6.07) is 18.1. The second-order valence-electron chi connectivity index (χ2n) is 4.21. The van der Waals surface area contributed by atoms with Crippen molar-refractivity contribution in [2.24, 2.45) is 0 Å². The van der Waals surface area contributed by atoms with Crippen molar-refractivity contribution in [3.63, 3.8) is 0 Å². The van der Waals surface area contributed by atoms with Crippen LogP contribution in [0.2, 0.25) is 5.02 Å². The van der Waals surface area contributed by atoms with E-state index in [1.54, 1.807) is 4.68 Å². The Morgan fingerprint density at radius 1 is 1.00 bits per heavy atom. The Hall–Kier alpha value is -1.61. The molecule has 20 heavy (non-hydrogen) atoms. The first kappa shape index (κ1) is 13.4. The molecule has 0 saturated heterocycles. The van der Waals surface area contributed by atoms with E-state index in [-0.39, 0.29) is 0 Å². The number of nitrogens with zero attached hydrogens (tertiary/aromatic N) is 3. The van der Waals surface area contributed by atoms with Crippen molar-refractivity contribution in [3.8, 4) is 5.69 Å². The maximum absolute atomic E-state index is 6.16. The van der Waals surface area contributed by atoms with Gasteiger partial charge in [0.1, 0.15) is 0 Å². The first-order chi connectivity index (χ1) is 9.83. The molecule has 0 saturated carbocycles. The average Bonchev–Trinajstić information content (AvgIpc) is 2.95. The van der Waals surface area contributed by atoms with Gasteiger partial charge in [-0.3, -0.25) is 0 Å². The number of rotatable bonds is 4. The van der Waals surface area contributed by atoms with E-state index in [1.807, 2.05) is 36.5 Å². The van der Waals surface area contributed by atoms with Crippen molar-refractivity contribution in [3.05, 3.63) is 71.5 Å². The maximum atomic E-state index is 6.16. The van der Waals surface area contributed by atoms with Crippen molar-refractivity contribution in [2.75, 3.05) is 0 Å². The number of para-hydroxylation sites is 1. The number of benzene rings is 2. The second kappa shape index (κ2) is 6.23. The third-order valence-corrected chi connectivity index (χ3v) is 5.28. The zero-order chi connectivity index (χ0) is 13.8. The summed E-state index contributed by atoms with van der Waals surface area (Å²) in [6.07, 6.45) is 1.95. The van der Waals surface area contributed by atoms with Gasteiger partial charge >= 0.3 is 129 Å². The van der Waals surface area contributed by atoms with Crippen LogP contribution in [0.5, 0.6) is 0 Å². The average molecular weight is 349 g/mol. The van der Waals surface area contributed by atoms with Crippen LogP contribution in [0.1, 0.15) is 5.69 Å². The van der Waals surface area contributed by atoms with Crippen molar-refractivity contribution in [2.45, 2.75) is 5.32 Å². The minimum atomic E-state index is 0.378. The first-order valence-corrected chi connectivity index (χ1v) is 8.61. The standard InChI is InChI=1S/C15H12ClN3Se/c16-14-8-4-5-9-15(14)19-10-12(17-18-19)11-20-13-6-2-1-3-7-13/h1-10H,11H2. The third-order valence-electron chi connectivity index (χ3n) is 2.77. The summed E-state index contributed by atoms with van der Waals surface area (Å²) in [4.78, 5) is 0. The van der Waals surface area contributed by atoms with Gasteiger partial charge in [-0.25, -0.2) is 0 Å². The van der Waals surface area contributed by atoms with Gasteiger partial charge in [-0.2, -0.15) is 0 Å². The fraction of sp³-hybridized carbons (Fsp3) is 0.0667.